The maximum atomic E-state index is 6.08. The summed E-state index contributed by atoms with van der Waals surface area (Å²) >= 11 is 6.08. The molecule has 1 aromatic carbocycles. The topological polar surface area (TPSA) is 21.3 Å². The van der Waals surface area contributed by atoms with E-state index in [0.717, 1.165) is 24.8 Å². The van der Waals surface area contributed by atoms with Gasteiger partial charge >= 0.3 is 0 Å². The molecule has 2 rings (SSSR count). The van der Waals surface area contributed by atoms with Gasteiger partial charge in [0.25, 0.3) is 0 Å². The summed E-state index contributed by atoms with van der Waals surface area (Å²) in [5, 5.41) is 4.20. The van der Waals surface area contributed by atoms with Crippen molar-refractivity contribution in [2.75, 3.05) is 13.7 Å². The molecule has 1 saturated carbocycles. The molecular formula is C14H20ClNO. The molecule has 0 aliphatic heterocycles. The van der Waals surface area contributed by atoms with Crippen molar-refractivity contribution in [1.82, 2.24) is 5.32 Å². The molecule has 0 bridgehead atoms. The maximum Gasteiger partial charge on any atom is 0.137 e. The first-order chi connectivity index (χ1) is 8.29. The molecule has 0 radical (unpaired) electrons. The predicted octanol–water partition coefficient (Wildman–Crippen LogP) is 3.63. The van der Waals surface area contributed by atoms with Crippen LogP contribution in [0.1, 0.15) is 31.2 Å². The van der Waals surface area contributed by atoms with Crippen LogP contribution in [0.5, 0.6) is 5.75 Å². The molecule has 0 amide bonds. The largest absolute Gasteiger partial charge is 0.495 e. The first-order valence-corrected chi connectivity index (χ1v) is 6.70. The zero-order valence-electron chi connectivity index (χ0n) is 10.3. The molecule has 1 aliphatic rings. The highest BCUT2D eigenvalue weighted by molar-refractivity contribution is 6.32. The van der Waals surface area contributed by atoms with E-state index in [9.17, 15) is 0 Å². The normalized spacial score (nSPS) is 16.4. The van der Waals surface area contributed by atoms with Crippen LogP contribution in [0.15, 0.2) is 18.2 Å². The van der Waals surface area contributed by atoms with Crippen LogP contribution < -0.4 is 10.1 Å². The fourth-order valence-corrected chi connectivity index (χ4v) is 2.74. The average Bonchev–Trinajstić information content (AvgIpc) is 2.82. The van der Waals surface area contributed by atoms with Crippen molar-refractivity contribution < 1.29 is 4.74 Å². The third kappa shape index (κ3) is 3.62. The predicted molar refractivity (Wildman–Crippen MR) is 71.7 cm³/mol. The summed E-state index contributed by atoms with van der Waals surface area (Å²) in [6.07, 6.45) is 5.58. The second-order valence-corrected chi connectivity index (χ2v) is 5.16. The lowest BCUT2D eigenvalue weighted by atomic mass is 10.1. The van der Waals surface area contributed by atoms with Gasteiger partial charge in [-0.2, -0.15) is 0 Å². The van der Waals surface area contributed by atoms with E-state index >= 15 is 0 Å². The quantitative estimate of drug-likeness (QED) is 0.865. The lowest BCUT2D eigenvalue weighted by Crippen LogP contribution is -2.20. The van der Waals surface area contributed by atoms with Gasteiger partial charge in [-0.15, -0.1) is 0 Å². The van der Waals surface area contributed by atoms with Crippen LogP contribution in [0, 0.1) is 5.92 Å². The first kappa shape index (κ1) is 12.7. The van der Waals surface area contributed by atoms with Gasteiger partial charge in [0.1, 0.15) is 5.75 Å². The standard InChI is InChI=1S/C14H20ClNO/c1-17-14-7-6-12(8-13(14)15)10-16-9-11-4-2-3-5-11/h6-8,11,16H,2-5,9-10H2,1H3. The molecule has 0 aromatic heterocycles. The molecule has 0 saturated heterocycles. The van der Waals surface area contributed by atoms with Crippen LogP contribution in [0.4, 0.5) is 0 Å². The maximum absolute atomic E-state index is 6.08. The minimum atomic E-state index is 0.688. The van der Waals surface area contributed by atoms with Crippen molar-refractivity contribution in [3.63, 3.8) is 0 Å². The Kier molecular flexibility index (Phi) is 4.69. The van der Waals surface area contributed by atoms with Crippen molar-refractivity contribution in [1.29, 1.82) is 0 Å². The lowest BCUT2D eigenvalue weighted by Gasteiger charge is -2.11. The van der Waals surface area contributed by atoms with Crippen LogP contribution in [-0.2, 0) is 6.54 Å². The van der Waals surface area contributed by atoms with E-state index in [1.807, 2.05) is 12.1 Å². The monoisotopic (exact) mass is 253 g/mol. The van der Waals surface area contributed by atoms with E-state index < -0.39 is 0 Å². The highest BCUT2D eigenvalue weighted by Crippen LogP contribution is 2.25. The van der Waals surface area contributed by atoms with Gasteiger partial charge in [0, 0.05) is 6.54 Å². The summed E-state index contributed by atoms with van der Waals surface area (Å²) in [7, 11) is 1.64. The summed E-state index contributed by atoms with van der Waals surface area (Å²) in [6, 6.07) is 5.96. The summed E-state index contributed by atoms with van der Waals surface area (Å²) in [6.45, 7) is 2.02. The smallest absolute Gasteiger partial charge is 0.137 e. The molecule has 1 fully saturated rings. The van der Waals surface area contributed by atoms with Crippen LogP contribution >= 0.6 is 11.6 Å². The Bertz CT molecular complexity index is 361. The Morgan fingerprint density at radius 3 is 2.76 bits per heavy atom. The van der Waals surface area contributed by atoms with Crippen LogP contribution in [0.25, 0.3) is 0 Å². The zero-order chi connectivity index (χ0) is 12.1. The summed E-state index contributed by atoms with van der Waals surface area (Å²) in [5.41, 5.74) is 1.22. The average molecular weight is 254 g/mol. The number of methoxy groups -OCH3 is 1. The molecule has 0 heterocycles. The molecule has 0 atom stereocenters. The molecule has 0 unspecified atom stereocenters. The Morgan fingerprint density at radius 2 is 2.12 bits per heavy atom. The number of nitrogens with one attached hydrogen (secondary N) is 1. The Hall–Kier alpha value is -0.730. The van der Waals surface area contributed by atoms with Gasteiger partial charge in [-0.3, -0.25) is 0 Å². The van der Waals surface area contributed by atoms with Crippen molar-refractivity contribution in [3.05, 3.63) is 28.8 Å². The van der Waals surface area contributed by atoms with E-state index in [0.29, 0.717) is 5.02 Å². The highest BCUT2D eigenvalue weighted by Gasteiger charge is 2.13. The molecule has 94 valence electrons. The van der Waals surface area contributed by atoms with Crippen molar-refractivity contribution >= 4 is 11.6 Å². The van der Waals surface area contributed by atoms with Crippen LogP contribution in [0.3, 0.4) is 0 Å². The van der Waals surface area contributed by atoms with Gasteiger partial charge in [0.2, 0.25) is 0 Å². The minimum Gasteiger partial charge on any atom is -0.495 e. The molecule has 2 nitrogen and oxygen atoms in total. The second kappa shape index (κ2) is 6.27. The van der Waals surface area contributed by atoms with E-state index in [2.05, 4.69) is 11.4 Å². The molecule has 3 heteroatoms. The first-order valence-electron chi connectivity index (χ1n) is 6.32. The van der Waals surface area contributed by atoms with Crippen molar-refractivity contribution in [3.8, 4) is 5.75 Å². The van der Waals surface area contributed by atoms with Gasteiger partial charge in [0.05, 0.1) is 12.1 Å². The van der Waals surface area contributed by atoms with Crippen LogP contribution in [-0.4, -0.2) is 13.7 Å². The van der Waals surface area contributed by atoms with E-state index in [-0.39, 0.29) is 0 Å². The molecule has 1 N–H and O–H groups in total. The summed E-state index contributed by atoms with van der Waals surface area (Å²) in [4.78, 5) is 0. The number of hydrogen-bond acceptors (Lipinski definition) is 2. The minimum absolute atomic E-state index is 0.688. The van der Waals surface area contributed by atoms with Gasteiger partial charge in [-0.05, 0) is 43.0 Å². The SMILES string of the molecule is COc1ccc(CNCC2CCCC2)cc1Cl. The van der Waals surface area contributed by atoms with Crippen LogP contribution in [0.2, 0.25) is 5.02 Å². The summed E-state index contributed by atoms with van der Waals surface area (Å²) < 4.78 is 5.13. The molecular weight excluding hydrogens is 234 g/mol. The van der Waals surface area contributed by atoms with E-state index in [4.69, 9.17) is 16.3 Å². The third-order valence-electron chi connectivity index (χ3n) is 3.45. The second-order valence-electron chi connectivity index (χ2n) is 4.75. The molecule has 1 aromatic rings. The van der Waals surface area contributed by atoms with E-state index in [1.54, 1.807) is 7.11 Å². The lowest BCUT2D eigenvalue weighted by molar-refractivity contribution is 0.414. The molecule has 17 heavy (non-hydrogen) atoms. The van der Waals surface area contributed by atoms with Gasteiger partial charge in [-0.25, -0.2) is 0 Å². The molecule has 1 aliphatic carbocycles. The van der Waals surface area contributed by atoms with Gasteiger partial charge in [-0.1, -0.05) is 30.5 Å². The van der Waals surface area contributed by atoms with Crippen molar-refractivity contribution in [2.45, 2.75) is 32.2 Å². The van der Waals surface area contributed by atoms with E-state index in [1.165, 1.54) is 31.2 Å². The number of ether oxygens (including phenoxy) is 1. The number of benzene rings is 1. The number of rotatable bonds is 5. The Balaban J connectivity index is 1.80. The summed E-state index contributed by atoms with van der Waals surface area (Å²) in [5.74, 6) is 1.62. The Labute approximate surface area is 108 Å². The third-order valence-corrected chi connectivity index (χ3v) is 3.75. The highest BCUT2D eigenvalue weighted by atomic mass is 35.5. The van der Waals surface area contributed by atoms with Gasteiger partial charge in [0.15, 0.2) is 0 Å². The van der Waals surface area contributed by atoms with Gasteiger partial charge < -0.3 is 10.1 Å². The van der Waals surface area contributed by atoms with Crippen molar-refractivity contribution in [2.24, 2.45) is 5.92 Å². The fraction of sp³-hybridized carbons (Fsp3) is 0.571. The number of hydrogen-bond donors (Lipinski definition) is 1. The number of halogens is 1. The molecule has 0 spiro atoms. The zero-order valence-corrected chi connectivity index (χ0v) is 11.1. The fourth-order valence-electron chi connectivity index (χ4n) is 2.45. The Morgan fingerprint density at radius 1 is 1.35 bits per heavy atom.